The lowest BCUT2D eigenvalue weighted by atomic mass is 10.1. The van der Waals surface area contributed by atoms with Gasteiger partial charge in [-0.1, -0.05) is 30.3 Å². The third-order valence-electron chi connectivity index (χ3n) is 5.78. The zero-order valence-electron chi connectivity index (χ0n) is 17.9. The van der Waals surface area contributed by atoms with E-state index in [9.17, 15) is 9.59 Å². The predicted octanol–water partition coefficient (Wildman–Crippen LogP) is 1.83. The van der Waals surface area contributed by atoms with E-state index in [4.69, 9.17) is 4.74 Å². The minimum atomic E-state index is -0.0375. The molecule has 2 amide bonds. The largest absolute Gasteiger partial charge is 0.385 e. The number of amides is 2. The van der Waals surface area contributed by atoms with Crippen molar-refractivity contribution in [2.45, 2.75) is 13.0 Å². The zero-order chi connectivity index (χ0) is 21.6. The van der Waals surface area contributed by atoms with Crippen LogP contribution in [0, 0.1) is 0 Å². The van der Waals surface area contributed by atoms with Crippen LogP contribution in [0.1, 0.15) is 22.3 Å². The van der Waals surface area contributed by atoms with Gasteiger partial charge in [-0.3, -0.25) is 14.5 Å². The molecule has 164 valence electrons. The Kier molecular flexibility index (Phi) is 6.79. The molecule has 0 spiro atoms. The minimum absolute atomic E-state index is 0.0348. The standard InChI is InChI=1S/C23H29N5O3/c1-31-13-5-8-26-9-11-27(12-10-26)23(30)19-14-20-22(24-15-19)25-16-21(29)28(20)17-18-6-3-2-4-7-18/h2-4,6-7,14-15H,5,8-13,16-17H2,1H3,(H,24,25). The molecule has 3 heterocycles. The first kappa shape index (κ1) is 21.3. The Morgan fingerprint density at radius 1 is 1.16 bits per heavy atom. The van der Waals surface area contributed by atoms with Crippen LogP contribution in [0.25, 0.3) is 0 Å². The molecule has 8 nitrogen and oxygen atoms in total. The SMILES string of the molecule is COCCCN1CCN(C(=O)c2cnc3c(c2)N(Cc2ccccc2)C(=O)CN3)CC1. The third kappa shape index (κ3) is 5.03. The van der Waals surface area contributed by atoms with E-state index < -0.39 is 0 Å². The van der Waals surface area contributed by atoms with Crippen LogP contribution in [-0.4, -0.2) is 79.6 Å². The maximum absolute atomic E-state index is 13.1. The van der Waals surface area contributed by atoms with E-state index in [1.807, 2.05) is 35.2 Å². The average Bonchev–Trinajstić information content (AvgIpc) is 2.81. The van der Waals surface area contributed by atoms with E-state index >= 15 is 0 Å². The van der Waals surface area contributed by atoms with Gasteiger partial charge in [-0.2, -0.15) is 0 Å². The molecule has 2 aliphatic rings. The van der Waals surface area contributed by atoms with Crippen LogP contribution in [0.2, 0.25) is 0 Å². The molecule has 0 radical (unpaired) electrons. The number of carbonyl (C=O) groups is 2. The number of pyridine rings is 1. The van der Waals surface area contributed by atoms with Gasteiger partial charge in [0.05, 0.1) is 24.3 Å². The average molecular weight is 424 g/mol. The van der Waals surface area contributed by atoms with E-state index in [0.717, 1.165) is 38.2 Å². The highest BCUT2D eigenvalue weighted by Crippen LogP contribution is 2.30. The Bertz CT molecular complexity index is 913. The molecule has 4 rings (SSSR count). The molecule has 0 atom stereocenters. The number of benzene rings is 1. The van der Waals surface area contributed by atoms with Crippen LogP contribution in [0.4, 0.5) is 11.5 Å². The number of rotatable bonds is 7. The van der Waals surface area contributed by atoms with Gasteiger partial charge in [0.25, 0.3) is 5.91 Å². The predicted molar refractivity (Wildman–Crippen MR) is 119 cm³/mol. The van der Waals surface area contributed by atoms with Crippen molar-refractivity contribution in [2.24, 2.45) is 0 Å². The summed E-state index contributed by atoms with van der Waals surface area (Å²) in [6, 6.07) is 11.6. The van der Waals surface area contributed by atoms with Crippen LogP contribution in [0.3, 0.4) is 0 Å². The second kappa shape index (κ2) is 9.89. The Morgan fingerprint density at radius 2 is 1.94 bits per heavy atom. The number of methoxy groups -OCH3 is 1. The molecule has 1 aromatic carbocycles. The summed E-state index contributed by atoms with van der Waals surface area (Å²) < 4.78 is 5.12. The van der Waals surface area contributed by atoms with E-state index in [0.29, 0.717) is 36.7 Å². The lowest BCUT2D eigenvalue weighted by molar-refractivity contribution is -0.117. The van der Waals surface area contributed by atoms with Gasteiger partial charge in [-0.05, 0) is 18.1 Å². The summed E-state index contributed by atoms with van der Waals surface area (Å²) in [7, 11) is 1.72. The molecule has 0 aliphatic carbocycles. The molecule has 0 bridgehead atoms. The van der Waals surface area contributed by atoms with Crippen LogP contribution in [0.5, 0.6) is 0 Å². The summed E-state index contributed by atoms with van der Waals surface area (Å²) in [6.07, 6.45) is 2.60. The van der Waals surface area contributed by atoms with Crippen molar-refractivity contribution in [3.8, 4) is 0 Å². The van der Waals surface area contributed by atoms with Gasteiger partial charge in [0.15, 0.2) is 5.82 Å². The topological polar surface area (TPSA) is 78.0 Å². The minimum Gasteiger partial charge on any atom is -0.385 e. The zero-order valence-corrected chi connectivity index (χ0v) is 17.9. The molecule has 1 fully saturated rings. The van der Waals surface area contributed by atoms with E-state index in [1.165, 1.54) is 0 Å². The van der Waals surface area contributed by atoms with Crippen molar-refractivity contribution in [3.05, 3.63) is 53.7 Å². The van der Waals surface area contributed by atoms with Gasteiger partial charge in [0.2, 0.25) is 5.91 Å². The molecule has 1 N–H and O–H groups in total. The van der Waals surface area contributed by atoms with Crippen molar-refractivity contribution in [1.29, 1.82) is 0 Å². The second-order valence-corrected chi connectivity index (χ2v) is 7.89. The van der Waals surface area contributed by atoms with Crippen molar-refractivity contribution in [3.63, 3.8) is 0 Å². The Labute approximate surface area is 182 Å². The summed E-state index contributed by atoms with van der Waals surface area (Å²) >= 11 is 0. The number of ether oxygens (including phenoxy) is 1. The summed E-state index contributed by atoms with van der Waals surface area (Å²) in [4.78, 5) is 36.1. The first-order valence-corrected chi connectivity index (χ1v) is 10.7. The number of aromatic nitrogens is 1. The Balaban J connectivity index is 1.46. The van der Waals surface area contributed by atoms with Crippen molar-refractivity contribution in [1.82, 2.24) is 14.8 Å². The van der Waals surface area contributed by atoms with E-state index in [-0.39, 0.29) is 18.4 Å². The molecule has 8 heteroatoms. The van der Waals surface area contributed by atoms with Gasteiger partial charge in [-0.15, -0.1) is 0 Å². The summed E-state index contributed by atoms with van der Waals surface area (Å²) in [5.41, 5.74) is 2.20. The Hall–Kier alpha value is -2.97. The fourth-order valence-electron chi connectivity index (χ4n) is 4.03. The quantitative estimate of drug-likeness (QED) is 0.685. The molecule has 0 unspecified atom stereocenters. The summed E-state index contributed by atoms with van der Waals surface area (Å²) in [6.45, 7) is 5.48. The number of piperazine rings is 1. The van der Waals surface area contributed by atoms with Gasteiger partial charge in [0, 0.05) is 52.6 Å². The first-order valence-electron chi connectivity index (χ1n) is 10.7. The second-order valence-electron chi connectivity index (χ2n) is 7.89. The van der Waals surface area contributed by atoms with Crippen LogP contribution in [0.15, 0.2) is 42.6 Å². The molecule has 1 aromatic heterocycles. The number of fused-ring (bicyclic) bond motifs is 1. The molecule has 31 heavy (non-hydrogen) atoms. The lowest BCUT2D eigenvalue weighted by Crippen LogP contribution is -2.49. The van der Waals surface area contributed by atoms with Gasteiger partial charge < -0.3 is 19.9 Å². The number of hydrogen-bond donors (Lipinski definition) is 1. The lowest BCUT2D eigenvalue weighted by Gasteiger charge is -2.35. The number of hydrogen-bond acceptors (Lipinski definition) is 6. The Morgan fingerprint density at radius 3 is 2.68 bits per heavy atom. The number of nitrogens with zero attached hydrogens (tertiary/aromatic N) is 4. The fraction of sp³-hybridized carbons (Fsp3) is 0.435. The highest BCUT2D eigenvalue weighted by Gasteiger charge is 2.28. The smallest absolute Gasteiger partial charge is 0.255 e. The van der Waals surface area contributed by atoms with Gasteiger partial charge >= 0.3 is 0 Å². The van der Waals surface area contributed by atoms with Crippen molar-refractivity contribution in [2.75, 3.05) is 63.2 Å². The summed E-state index contributed by atoms with van der Waals surface area (Å²) in [5.74, 6) is 0.562. The molecule has 1 saturated heterocycles. The van der Waals surface area contributed by atoms with E-state index in [1.54, 1.807) is 24.3 Å². The van der Waals surface area contributed by atoms with Crippen molar-refractivity contribution >= 4 is 23.3 Å². The maximum Gasteiger partial charge on any atom is 0.255 e. The molecule has 2 aromatic rings. The number of carbonyl (C=O) groups excluding carboxylic acids is 2. The van der Waals surface area contributed by atoms with Crippen molar-refractivity contribution < 1.29 is 14.3 Å². The monoisotopic (exact) mass is 423 g/mol. The van der Waals surface area contributed by atoms with Gasteiger partial charge in [0.1, 0.15) is 0 Å². The maximum atomic E-state index is 13.1. The number of nitrogens with one attached hydrogen (secondary N) is 1. The van der Waals surface area contributed by atoms with E-state index in [2.05, 4.69) is 15.2 Å². The van der Waals surface area contributed by atoms with Crippen LogP contribution < -0.4 is 10.2 Å². The molecular formula is C23H29N5O3. The normalized spacial score (nSPS) is 16.7. The third-order valence-corrected chi connectivity index (χ3v) is 5.78. The highest BCUT2D eigenvalue weighted by molar-refractivity contribution is 6.04. The van der Waals surface area contributed by atoms with Crippen LogP contribution >= 0.6 is 0 Å². The summed E-state index contributed by atoms with van der Waals surface area (Å²) in [5, 5.41) is 3.06. The molecular weight excluding hydrogens is 394 g/mol. The fourth-order valence-corrected chi connectivity index (χ4v) is 4.03. The number of anilines is 2. The molecule has 2 aliphatic heterocycles. The molecule has 0 saturated carbocycles. The van der Waals surface area contributed by atoms with Crippen LogP contribution in [-0.2, 0) is 16.1 Å². The van der Waals surface area contributed by atoms with Gasteiger partial charge in [-0.25, -0.2) is 4.98 Å². The first-order chi connectivity index (χ1) is 15.2. The highest BCUT2D eigenvalue weighted by atomic mass is 16.5.